The second-order valence-corrected chi connectivity index (χ2v) is 4.82. The minimum atomic E-state index is 0.124. The average Bonchev–Trinajstić information content (AvgIpc) is 2.72. The first-order valence-electron chi connectivity index (χ1n) is 4.47. The van der Waals surface area contributed by atoms with Crippen LogP contribution in [-0.4, -0.2) is 18.5 Å². The minimum absolute atomic E-state index is 0.124. The Morgan fingerprint density at radius 1 is 1.71 bits per heavy atom. The lowest BCUT2D eigenvalue weighted by Gasteiger charge is -2.08. The molecule has 1 aliphatic heterocycles. The fourth-order valence-electron chi connectivity index (χ4n) is 1.45. The van der Waals surface area contributed by atoms with Gasteiger partial charge in [0.2, 0.25) is 5.91 Å². The highest BCUT2D eigenvalue weighted by Crippen LogP contribution is 2.22. The maximum Gasteiger partial charge on any atom is 0.221 e. The molecule has 0 aliphatic carbocycles. The summed E-state index contributed by atoms with van der Waals surface area (Å²) in [5.41, 5.74) is 1.11. The van der Waals surface area contributed by atoms with Gasteiger partial charge in [-0.15, -0.1) is 11.3 Å². The van der Waals surface area contributed by atoms with Gasteiger partial charge in [-0.3, -0.25) is 4.79 Å². The highest BCUT2D eigenvalue weighted by Gasteiger charge is 2.20. The molecule has 1 atom stereocenters. The van der Waals surface area contributed by atoms with Gasteiger partial charge in [0, 0.05) is 25.6 Å². The molecule has 0 aromatic carbocycles. The molecule has 1 fully saturated rings. The Labute approximate surface area is 91.5 Å². The summed E-state index contributed by atoms with van der Waals surface area (Å²) in [4.78, 5) is 10.9. The summed E-state index contributed by atoms with van der Waals surface area (Å²) in [5, 5.41) is 8.05. The number of rotatable bonds is 3. The normalized spacial score (nSPS) is 21.2. The maximum absolute atomic E-state index is 10.9. The summed E-state index contributed by atoms with van der Waals surface area (Å²) in [6, 6.07) is 2.25. The standard InChI is InChI=1S/C9H11ClN2OS/c10-9-6(1-2-14-9)4-11-7-3-8(13)12-5-7/h1-2,7,11H,3-5H2,(H,12,13). The topological polar surface area (TPSA) is 41.1 Å². The van der Waals surface area contributed by atoms with Crippen LogP contribution in [0.1, 0.15) is 12.0 Å². The zero-order chi connectivity index (χ0) is 9.97. The van der Waals surface area contributed by atoms with E-state index >= 15 is 0 Å². The smallest absolute Gasteiger partial charge is 0.221 e. The number of hydrogen-bond acceptors (Lipinski definition) is 3. The summed E-state index contributed by atoms with van der Waals surface area (Å²) in [6.07, 6.45) is 0.571. The van der Waals surface area contributed by atoms with Crippen LogP contribution in [0.4, 0.5) is 0 Å². The van der Waals surface area contributed by atoms with Crippen LogP contribution in [0.3, 0.4) is 0 Å². The molecule has 0 saturated carbocycles. The lowest BCUT2D eigenvalue weighted by atomic mass is 10.2. The van der Waals surface area contributed by atoms with E-state index in [1.807, 2.05) is 11.4 Å². The zero-order valence-corrected chi connectivity index (χ0v) is 9.12. The first-order chi connectivity index (χ1) is 6.75. The predicted octanol–water partition coefficient (Wildman–Crippen LogP) is 1.38. The van der Waals surface area contributed by atoms with Crippen molar-refractivity contribution in [3.8, 4) is 0 Å². The average molecular weight is 231 g/mol. The molecule has 1 aromatic heterocycles. The fourth-order valence-corrected chi connectivity index (χ4v) is 2.38. The van der Waals surface area contributed by atoms with Crippen molar-refractivity contribution in [1.29, 1.82) is 0 Å². The van der Waals surface area contributed by atoms with Crippen molar-refractivity contribution in [2.45, 2.75) is 19.0 Å². The van der Waals surface area contributed by atoms with E-state index in [9.17, 15) is 4.79 Å². The van der Waals surface area contributed by atoms with Crippen LogP contribution in [0.2, 0.25) is 4.34 Å². The molecule has 0 bridgehead atoms. The second kappa shape index (κ2) is 4.29. The molecule has 1 aliphatic rings. The van der Waals surface area contributed by atoms with Gasteiger partial charge in [-0.05, 0) is 17.0 Å². The highest BCUT2D eigenvalue weighted by molar-refractivity contribution is 7.14. The molecule has 0 radical (unpaired) electrons. The number of carbonyl (C=O) groups excluding carboxylic acids is 1. The van der Waals surface area contributed by atoms with Gasteiger partial charge in [-0.2, -0.15) is 0 Å². The highest BCUT2D eigenvalue weighted by atomic mass is 35.5. The van der Waals surface area contributed by atoms with Gasteiger partial charge in [0.05, 0.1) is 4.34 Å². The van der Waals surface area contributed by atoms with Gasteiger partial charge in [0.1, 0.15) is 0 Å². The van der Waals surface area contributed by atoms with Crippen LogP contribution in [0, 0.1) is 0 Å². The van der Waals surface area contributed by atoms with E-state index < -0.39 is 0 Å². The van der Waals surface area contributed by atoms with Crippen LogP contribution < -0.4 is 10.6 Å². The van der Waals surface area contributed by atoms with E-state index in [0.29, 0.717) is 6.42 Å². The molecular formula is C9H11ClN2OS. The fraction of sp³-hybridized carbons (Fsp3) is 0.444. The van der Waals surface area contributed by atoms with Crippen molar-refractivity contribution in [1.82, 2.24) is 10.6 Å². The summed E-state index contributed by atoms with van der Waals surface area (Å²) >= 11 is 7.48. The summed E-state index contributed by atoms with van der Waals surface area (Å²) in [6.45, 7) is 1.46. The Kier molecular flexibility index (Phi) is 3.05. The maximum atomic E-state index is 10.9. The monoisotopic (exact) mass is 230 g/mol. The van der Waals surface area contributed by atoms with E-state index in [0.717, 1.165) is 23.0 Å². The SMILES string of the molecule is O=C1CC(NCc2ccsc2Cl)CN1. The number of thiophene rings is 1. The van der Waals surface area contributed by atoms with E-state index in [-0.39, 0.29) is 11.9 Å². The van der Waals surface area contributed by atoms with Crippen LogP contribution in [-0.2, 0) is 11.3 Å². The Balaban J connectivity index is 1.83. The number of nitrogens with one attached hydrogen (secondary N) is 2. The molecule has 1 aromatic rings. The lowest BCUT2D eigenvalue weighted by Crippen LogP contribution is -2.30. The number of hydrogen-bond donors (Lipinski definition) is 2. The van der Waals surface area contributed by atoms with Crippen molar-refractivity contribution in [3.63, 3.8) is 0 Å². The van der Waals surface area contributed by atoms with E-state index in [1.165, 1.54) is 11.3 Å². The van der Waals surface area contributed by atoms with Crippen LogP contribution in [0.25, 0.3) is 0 Å². The summed E-state index contributed by atoms with van der Waals surface area (Å²) in [5.74, 6) is 0.124. The Morgan fingerprint density at radius 3 is 3.14 bits per heavy atom. The first kappa shape index (κ1) is 9.96. The second-order valence-electron chi connectivity index (χ2n) is 3.31. The third kappa shape index (κ3) is 2.26. The Morgan fingerprint density at radius 2 is 2.57 bits per heavy atom. The molecule has 2 rings (SSSR count). The van der Waals surface area contributed by atoms with Crippen molar-refractivity contribution in [2.75, 3.05) is 6.54 Å². The minimum Gasteiger partial charge on any atom is -0.354 e. The van der Waals surface area contributed by atoms with Gasteiger partial charge >= 0.3 is 0 Å². The molecule has 2 heterocycles. The predicted molar refractivity (Wildman–Crippen MR) is 57.6 cm³/mol. The van der Waals surface area contributed by atoms with E-state index in [2.05, 4.69) is 10.6 Å². The van der Waals surface area contributed by atoms with Crippen molar-refractivity contribution >= 4 is 28.8 Å². The number of halogens is 1. The quantitative estimate of drug-likeness (QED) is 0.824. The lowest BCUT2D eigenvalue weighted by molar-refractivity contribution is -0.119. The van der Waals surface area contributed by atoms with Crippen LogP contribution in [0.5, 0.6) is 0 Å². The van der Waals surface area contributed by atoms with Crippen molar-refractivity contribution in [3.05, 3.63) is 21.3 Å². The molecule has 3 nitrogen and oxygen atoms in total. The zero-order valence-electron chi connectivity index (χ0n) is 7.55. The molecule has 2 N–H and O–H groups in total. The molecule has 5 heteroatoms. The molecule has 1 saturated heterocycles. The van der Waals surface area contributed by atoms with Gasteiger partial charge in [0.25, 0.3) is 0 Å². The molecule has 1 unspecified atom stereocenters. The summed E-state index contributed by atoms with van der Waals surface area (Å²) < 4.78 is 0.829. The van der Waals surface area contributed by atoms with Crippen molar-refractivity contribution in [2.24, 2.45) is 0 Å². The third-order valence-corrected chi connectivity index (χ3v) is 3.50. The third-order valence-electron chi connectivity index (χ3n) is 2.25. The number of carbonyl (C=O) groups is 1. The first-order valence-corrected chi connectivity index (χ1v) is 5.73. The Bertz CT molecular complexity index is 339. The van der Waals surface area contributed by atoms with Gasteiger partial charge in [0.15, 0.2) is 0 Å². The molecule has 1 amide bonds. The van der Waals surface area contributed by atoms with Gasteiger partial charge in [-0.25, -0.2) is 0 Å². The van der Waals surface area contributed by atoms with Gasteiger partial charge < -0.3 is 10.6 Å². The van der Waals surface area contributed by atoms with Crippen molar-refractivity contribution < 1.29 is 4.79 Å². The summed E-state index contributed by atoms with van der Waals surface area (Å²) in [7, 11) is 0. The largest absolute Gasteiger partial charge is 0.354 e. The molecule has 14 heavy (non-hydrogen) atoms. The van der Waals surface area contributed by atoms with Gasteiger partial charge in [-0.1, -0.05) is 11.6 Å². The molecular weight excluding hydrogens is 220 g/mol. The van der Waals surface area contributed by atoms with Crippen LogP contribution in [0.15, 0.2) is 11.4 Å². The molecule has 0 spiro atoms. The Hall–Kier alpha value is -0.580. The number of amides is 1. The van der Waals surface area contributed by atoms with E-state index in [1.54, 1.807) is 0 Å². The molecule has 76 valence electrons. The van der Waals surface area contributed by atoms with Crippen LogP contribution >= 0.6 is 22.9 Å². The van der Waals surface area contributed by atoms with E-state index in [4.69, 9.17) is 11.6 Å².